The van der Waals surface area contributed by atoms with E-state index in [0.717, 1.165) is 23.7 Å². The van der Waals surface area contributed by atoms with Crippen LogP contribution in [0, 0.1) is 0 Å². The molecule has 0 aliphatic carbocycles. The Bertz CT molecular complexity index is 903. The van der Waals surface area contributed by atoms with Gasteiger partial charge in [-0.3, -0.25) is 9.59 Å². The lowest BCUT2D eigenvalue weighted by molar-refractivity contribution is -0.139. The number of carbonyl (C=O) groups is 3. The molecule has 3 rings (SSSR count). The highest BCUT2D eigenvalue weighted by atomic mass is 32.2. The first-order valence-electron chi connectivity index (χ1n) is 8.29. The number of amides is 2. The van der Waals surface area contributed by atoms with E-state index in [0.29, 0.717) is 21.9 Å². The van der Waals surface area contributed by atoms with Crippen molar-refractivity contribution in [1.82, 2.24) is 0 Å². The number of aliphatic carboxylic acids is 1. The third kappa shape index (κ3) is 4.38. The van der Waals surface area contributed by atoms with Crippen molar-refractivity contribution in [3.05, 3.63) is 64.6 Å². The summed E-state index contributed by atoms with van der Waals surface area (Å²) >= 11 is 0.889. The van der Waals surface area contributed by atoms with E-state index in [4.69, 9.17) is 9.84 Å². The number of carboxylic acids is 1. The lowest BCUT2D eigenvalue weighted by Gasteiger charge is -2.12. The molecular weight excluding hydrogens is 366 g/mol. The minimum absolute atomic E-state index is 0.332. The van der Waals surface area contributed by atoms with E-state index in [2.05, 4.69) is 0 Å². The summed E-state index contributed by atoms with van der Waals surface area (Å²) in [7, 11) is 0. The van der Waals surface area contributed by atoms with Crippen molar-refractivity contribution in [2.45, 2.75) is 13.3 Å². The van der Waals surface area contributed by atoms with Gasteiger partial charge in [0.05, 0.1) is 10.6 Å². The molecule has 138 valence electrons. The fourth-order valence-electron chi connectivity index (χ4n) is 2.53. The largest absolute Gasteiger partial charge is 0.482 e. The van der Waals surface area contributed by atoms with Gasteiger partial charge in [-0.2, -0.15) is 0 Å². The molecule has 1 aliphatic heterocycles. The van der Waals surface area contributed by atoms with Crippen LogP contribution in [0.5, 0.6) is 5.75 Å². The van der Waals surface area contributed by atoms with Crippen molar-refractivity contribution in [3.8, 4) is 5.75 Å². The molecule has 2 amide bonds. The monoisotopic (exact) mass is 383 g/mol. The average molecular weight is 383 g/mol. The second-order valence-electron chi connectivity index (χ2n) is 5.79. The van der Waals surface area contributed by atoms with Crippen molar-refractivity contribution in [2.24, 2.45) is 0 Å². The van der Waals surface area contributed by atoms with E-state index in [9.17, 15) is 14.4 Å². The molecule has 0 aromatic heterocycles. The molecule has 1 heterocycles. The van der Waals surface area contributed by atoms with Gasteiger partial charge in [0.1, 0.15) is 5.75 Å². The topological polar surface area (TPSA) is 83.9 Å². The number of aryl methyl sites for hydroxylation is 1. The van der Waals surface area contributed by atoms with Crippen molar-refractivity contribution in [1.29, 1.82) is 0 Å². The minimum Gasteiger partial charge on any atom is -0.482 e. The number of anilines is 1. The SMILES string of the molecule is CCc1ccc(N2C(=O)S/C(=C/c3ccc(OCC(=O)O)cc3)C2=O)cc1. The Morgan fingerprint density at radius 1 is 1.11 bits per heavy atom. The maximum atomic E-state index is 12.6. The number of hydrogen-bond acceptors (Lipinski definition) is 5. The first kappa shape index (κ1) is 18.7. The average Bonchev–Trinajstić information content (AvgIpc) is 2.94. The second kappa shape index (κ2) is 8.09. The molecular formula is C20H17NO5S. The number of rotatable bonds is 6. The van der Waals surface area contributed by atoms with Crippen molar-refractivity contribution in [2.75, 3.05) is 11.5 Å². The summed E-state index contributed by atoms with van der Waals surface area (Å²) in [5.74, 6) is -1.00. The molecule has 1 N–H and O–H groups in total. The minimum atomic E-state index is -1.06. The Morgan fingerprint density at radius 3 is 2.37 bits per heavy atom. The summed E-state index contributed by atoms with van der Waals surface area (Å²) in [6.45, 7) is 1.62. The normalized spacial score (nSPS) is 15.4. The molecule has 6 nitrogen and oxygen atoms in total. The predicted octanol–water partition coefficient (Wildman–Crippen LogP) is 3.95. The third-order valence-electron chi connectivity index (χ3n) is 3.94. The van der Waals surface area contributed by atoms with Gasteiger partial charge in [-0.1, -0.05) is 31.2 Å². The molecule has 2 aromatic rings. The molecule has 7 heteroatoms. The van der Waals surface area contributed by atoms with Crippen LogP contribution >= 0.6 is 11.8 Å². The van der Waals surface area contributed by atoms with Gasteiger partial charge >= 0.3 is 5.97 Å². The molecule has 0 unspecified atom stereocenters. The number of carboxylic acid groups (broad SMARTS) is 1. The number of thioether (sulfide) groups is 1. The highest BCUT2D eigenvalue weighted by Crippen LogP contribution is 2.35. The number of hydrogen-bond donors (Lipinski definition) is 1. The van der Waals surface area contributed by atoms with Crippen LogP contribution in [0.2, 0.25) is 0 Å². The number of ether oxygens (including phenoxy) is 1. The first-order chi connectivity index (χ1) is 13.0. The van der Waals surface area contributed by atoms with Crippen LogP contribution in [0.3, 0.4) is 0 Å². The summed E-state index contributed by atoms with van der Waals surface area (Å²) in [6.07, 6.45) is 2.51. The summed E-state index contributed by atoms with van der Waals surface area (Å²) < 4.78 is 5.07. The quantitative estimate of drug-likeness (QED) is 0.761. The van der Waals surface area contributed by atoms with Crippen LogP contribution in [0.25, 0.3) is 6.08 Å². The number of imide groups is 1. The third-order valence-corrected chi connectivity index (χ3v) is 4.81. The Hall–Kier alpha value is -3.06. The Morgan fingerprint density at radius 2 is 1.78 bits per heavy atom. The zero-order valence-electron chi connectivity index (χ0n) is 14.5. The van der Waals surface area contributed by atoms with Crippen molar-refractivity contribution < 1.29 is 24.2 Å². The van der Waals surface area contributed by atoms with E-state index in [1.165, 1.54) is 4.90 Å². The van der Waals surface area contributed by atoms with Crippen molar-refractivity contribution in [3.63, 3.8) is 0 Å². The zero-order chi connectivity index (χ0) is 19.4. The van der Waals surface area contributed by atoms with E-state index in [1.54, 1.807) is 42.5 Å². The van der Waals surface area contributed by atoms with Crippen LogP contribution in [0.4, 0.5) is 10.5 Å². The van der Waals surface area contributed by atoms with Crippen LogP contribution in [0.15, 0.2) is 53.4 Å². The van der Waals surface area contributed by atoms with E-state index in [1.807, 2.05) is 19.1 Å². The molecule has 0 radical (unpaired) electrons. The van der Waals surface area contributed by atoms with Gasteiger partial charge in [-0.15, -0.1) is 0 Å². The van der Waals surface area contributed by atoms with Gasteiger partial charge in [0.2, 0.25) is 0 Å². The first-order valence-corrected chi connectivity index (χ1v) is 9.11. The van der Waals surface area contributed by atoms with Crippen LogP contribution in [0.1, 0.15) is 18.1 Å². The van der Waals surface area contributed by atoms with E-state index in [-0.39, 0.29) is 11.1 Å². The number of carbonyl (C=O) groups excluding carboxylic acids is 2. The fraction of sp³-hybridized carbons (Fsp3) is 0.150. The van der Waals surface area contributed by atoms with Crippen LogP contribution in [-0.4, -0.2) is 28.8 Å². The van der Waals surface area contributed by atoms with E-state index < -0.39 is 12.6 Å². The second-order valence-corrected chi connectivity index (χ2v) is 6.78. The smallest absolute Gasteiger partial charge is 0.341 e. The molecule has 1 saturated heterocycles. The highest BCUT2D eigenvalue weighted by molar-refractivity contribution is 8.19. The van der Waals surface area contributed by atoms with Gasteiger partial charge in [0, 0.05) is 0 Å². The molecule has 2 aromatic carbocycles. The highest BCUT2D eigenvalue weighted by Gasteiger charge is 2.36. The van der Waals surface area contributed by atoms with Gasteiger partial charge in [0.25, 0.3) is 11.1 Å². The van der Waals surface area contributed by atoms with Crippen LogP contribution < -0.4 is 9.64 Å². The molecule has 0 atom stereocenters. The summed E-state index contributed by atoms with van der Waals surface area (Å²) in [5.41, 5.74) is 2.39. The summed E-state index contributed by atoms with van der Waals surface area (Å²) in [6, 6.07) is 14.0. The Kier molecular flexibility index (Phi) is 5.61. The molecule has 1 fully saturated rings. The van der Waals surface area contributed by atoms with Gasteiger partial charge in [-0.05, 0) is 59.7 Å². The lowest BCUT2D eigenvalue weighted by atomic mass is 10.1. The standard InChI is InChI=1S/C20H17NO5S/c1-2-13-3-7-15(8-4-13)21-19(24)17(27-20(21)25)11-14-5-9-16(10-6-14)26-12-18(22)23/h3-11H,2,12H2,1H3,(H,22,23)/b17-11+. The summed E-state index contributed by atoms with van der Waals surface area (Å²) in [4.78, 5) is 36.9. The maximum Gasteiger partial charge on any atom is 0.341 e. The number of benzene rings is 2. The van der Waals surface area contributed by atoms with Gasteiger partial charge in [-0.25, -0.2) is 9.69 Å². The predicted molar refractivity (Wildman–Crippen MR) is 104 cm³/mol. The maximum absolute atomic E-state index is 12.6. The van der Waals surface area contributed by atoms with E-state index >= 15 is 0 Å². The molecule has 0 saturated carbocycles. The Balaban J connectivity index is 1.76. The summed E-state index contributed by atoms with van der Waals surface area (Å²) in [5, 5.41) is 8.27. The molecule has 27 heavy (non-hydrogen) atoms. The number of nitrogens with zero attached hydrogens (tertiary/aromatic N) is 1. The van der Waals surface area contributed by atoms with Gasteiger partial charge in [0.15, 0.2) is 6.61 Å². The molecule has 0 spiro atoms. The van der Waals surface area contributed by atoms with Crippen LogP contribution in [-0.2, 0) is 16.0 Å². The molecule has 1 aliphatic rings. The van der Waals surface area contributed by atoms with Crippen molar-refractivity contribution >= 4 is 40.6 Å². The molecule has 0 bridgehead atoms. The fourth-order valence-corrected chi connectivity index (χ4v) is 3.37. The lowest BCUT2D eigenvalue weighted by Crippen LogP contribution is -2.27. The Labute approximate surface area is 160 Å². The van der Waals surface area contributed by atoms with Gasteiger partial charge < -0.3 is 9.84 Å². The zero-order valence-corrected chi connectivity index (χ0v) is 15.4.